The van der Waals surface area contributed by atoms with E-state index in [-0.39, 0.29) is 5.41 Å². The molecule has 1 aliphatic heterocycles. The molecule has 0 spiro atoms. The van der Waals surface area contributed by atoms with Crippen molar-refractivity contribution in [3.63, 3.8) is 0 Å². The van der Waals surface area contributed by atoms with Crippen LogP contribution in [0.1, 0.15) is 25.0 Å². The zero-order valence-electron chi connectivity index (χ0n) is 11.2. The fourth-order valence-electron chi connectivity index (χ4n) is 2.34. The van der Waals surface area contributed by atoms with Crippen LogP contribution in [0.5, 0.6) is 11.5 Å². The Labute approximate surface area is 113 Å². The van der Waals surface area contributed by atoms with E-state index in [1.807, 2.05) is 0 Å². The quantitative estimate of drug-likeness (QED) is 0.659. The highest BCUT2D eigenvalue weighted by molar-refractivity contribution is 6.18. The number of nitrogens with one attached hydrogen (secondary N) is 1. The average molecular weight is 270 g/mol. The Kier molecular flexibility index (Phi) is 4.03. The first-order chi connectivity index (χ1) is 8.54. The van der Waals surface area contributed by atoms with Crippen molar-refractivity contribution in [2.75, 3.05) is 25.8 Å². The Morgan fingerprint density at radius 1 is 1.28 bits per heavy atom. The lowest BCUT2D eigenvalue weighted by Crippen LogP contribution is -2.34. The maximum atomic E-state index is 5.69. The largest absolute Gasteiger partial charge is 0.454 e. The van der Waals surface area contributed by atoms with Crippen molar-refractivity contribution in [3.05, 3.63) is 23.3 Å². The van der Waals surface area contributed by atoms with Gasteiger partial charge >= 0.3 is 0 Å². The third-order valence-corrected chi connectivity index (χ3v) is 3.48. The lowest BCUT2D eigenvalue weighted by atomic mass is 9.81. The first-order valence-electron chi connectivity index (χ1n) is 6.22. The average Bonchev–Trinajstić information content (AvgIpc) is 2.75. The van der Waals surface area contributed by atoms with E-state index < -0.39 is 0 Å². The molecule has 1 N–H and O–H groups in total. The van der Waals surface area contributed by atoms with Gasteiger partial charge in [-0.05, 0) is 30.2 Å². The zero-order valence-corrected chi connectivity index (χ0v) is 11.9. The molecule has 100 valence electrons. The standard InChI is InChI=1S/C14H20ClNO2/c1-10-6-12-13(18-9-17-12)7-11(10)14(2,3)8-16-5-4-15/h6-7,16H,4-5,8-9H2,1-3H3. The van der Waals surface area contributed by atoms with E-state index >= 15 is 0 Å². The molecule has 18 heavy (non-hydrogen) atoms. The highest BCUT2D eigenvalue weighted by atomic mass is 35.5. The summed E-state index contributed by atoms with van der Waals surface area (Å²) in [7, 11) is 0. The maximum absolute atomic E-state index is 5.69. The van der Waals surface area contributed by atoms with Gasteiger partial charge < -0.3 is 14.8 Å². The summed E-state index contributed by atoms with van der Waals surface area (Å²) >= 11 is 5.69. The van der Waals surface area contributed by atoms with Gasteiger partial charge in [-0.3, -0.25) is 0 Å². The highest BCUT2D eigenvalue weighted by Gasteiger charge is 2.25. The molecule has 1 aromatic rings. The molecule has 0 atom stereocenters. The van der Waals surface area contributed by atoms with E-state index in [1.165, 1.54) is 11.1 Å². The van der Waals surface area contributed by atoms with Crippen molar-refractivity contribution in [1.29, 1.82) is 0 Å². The first kappa shape index (κ1) is 13.5. The molecule has 1 heterocycles. The van der Waals surface area contributed by atoms with Gasteiger partial charge in [0, 0.05) is 24.4 Å². The topological polar surface area (TPSA) is 30.5 Å². The molecule has 0 bridgehead atoms. The van der Waals surface area contributed by atoms with Crippen LogP contribution in [0.25, 0.3) is 0 Å². The second kappa shape index (κ2) is 5.37. The molecule has 0 amide bonds. The van der Waals surface area contributed by atoms with Crippen LogP contribution < -0.4 is 14.8 Å². The van der Waals surface area contributed by atoms with Gasteiger partial charge in [0.05, 0.1) is 0 Å². The monoisotopic (exact) mass is 269 g/mol. The second-order valence-electron chi connectivity index (χ2n) is 5.27. The number of fused-ring (bicyclic) bond motifs is 1. The summed E-state index contributed by atoms with van der Waals surface area (Å²) < 4.78 is 10.8. The Bertz CT molecular complexity index is 432. The molecule has 0 aromatic heterocycles. The fraction of sp³-hybridized carbons (Fsp3) is 0.571. The second-order valence-corrected chi connectivity index (χ2v) is 5.65. The summed E-state index contributed by atoms with van der Waals surface area (Å²) in [6.45, 7) is 8.59. The van der Waals surface area contributed by atoms with E-state index in [1.54, 1.807) is 0 Å². The van der Waals surface area contributed by atoms with E-state index in [0.29, 0.717) is 12.7 Å². The van der Waals surface area contributed by atoms with Gasteiger partial charge in [0.25, 0.3) is 0 Å². The third kappa shape index (κ3) is 2.73. The van der Waals surface area contributed by atoms with Gasteiger partial charge in [0.2, 0.25) is 6.79 Å². The van der Waals surface area contributed by atoms with Gasteiger partial charge in [-0.1, -0.05) is 13.8 Å². The molecular formula is C14H20ClNO2. The molecule has 0 aliphatic carbocycles. The van der Waals surface area contributed by atoms with Crippen LogP contribution >= 0.6 is 11.6 Å². The molecule has 1 aromatic carbocycles. The van der Waals surface area contributed by atoms with Crippen molar-refractivity contribution in [1.82, 2.24) is 5.32 Å². The summed E-state index contributed by atoms with van der Waals surface area (Å²) in [5, 5.41) is 3.36. The minimum atomic E-state index is 0.0388. The number of hydrogen-bond acceptors (Lipinski definition) is 3. The molecule has 0 saturated carbocycles. The van der Waals surface area contributed by atoms with E-state index in [4.69, 9.17) is 21.1 Å². The van der Waals surface area contributed by atoms with Crippen molar-refractivity contribution in [3.8, 4) is 11.5 Å². The molecule has 2 rings (SSSR count). The minimum Gasteiger partial charge on any atom is -0.454 e. The minimum absolute atomic E-state index is 0.0388. The smallest absolute Gasteiger partial charge is 0.231 e. The summed E-state index contributed by atoms with van der Waals surface area (Å²) in [5.74, 6) is 2.33. The van der Waals surface area contributed by atoms with Crippen LogP contribution in [0.2, 0.25) is 0 Å². The van der Waals surface area contributed by atoms with Gasteiger partial charge in [0.15, 0.2) is 11.5 Å². The number of alkyl halides is 1. The SMILES string of the molecule is Cc1cc2c(cc1C(C)(C)CNCCCl)OCO2. The number of rotatable bonds is 5. The Hall–Kier alpha value is -0.930. The van der Waals surface area contributed by atoms with Crippen molar-refractivity contribution in [2.45, 2.75) is 26.2 Å². The van der Waals surface area contributed by atoms with Crippen LogP contribution in [-0.4, -0.2) is 25.8 Å². The molecule has 4 heteroatoms. The van der Waals surface area contributed by atoms with Crippen LogP contribution in [-0.2, 0) is 5.41 Å². The summed E-state index contributed by atoms with van der Waals surface area (Å²) in [4.78, 5) is 0. The third-order valence-electron chi connectivity index (χ3n) is 3.29. The van der Waals surface area contributed by atoms with Crippen molar-refractivity contribution < 1.29 is 9.47 Å². The molecule has 1 aliphatic rings. The van der Waals surface area contributed by atoms with Crippen molar-refractivity contribution >= 4 is 11.6 Å². The van der Waals surface area contributed by atoms with Gasteiger partial charge in [-0.15, -0.1) is 11.6 Å². The van der Waals surface area contributed by atoms with E-state index in [9.17, 15) is 0 Å². The molecule has 0 radical (unpaired) electrons. The Balaban J connectivity index is 2.21. The number of benzene rings is 1. The molecule has 0 fully saturated rings. The first-order valence-corrected chi connectivity index (χ1v) is 6.75. The molecule has 3 nitrogen and oxygen atoms in total. The maximum Gasteiger partial charge on any atom is 0.231 e. The number of ether oxygens (including phenoxy) is 2. The summed E-state index contributed by atoms with van der Waals surface area (Å²) in [6, 6.07) is 4.15. The van der Waals surface area contributed by atoms with E-state index in [0.717, 1.165) is 24.6 Å². The van der Waals surface area contributed by atoms with Gasteiger partial charge in [-0.25, -0.2) is 0 Å². The van der Waals surface area contributed by atoms with Crippen molar-refractivity contribution in [2.24, 2.45) is 0 Å². The predicted octanol–water partition coefficient (Wildman–Crippen LogP) is 2.83. The number of aryl methyl sites for hydroxylation is 1. The zero-order chi connectivity index (χ0) is 13.2. The lowest BCUT2D eigenvalue weighted by molar-refractivity contribution is 0.174. The lowest BCUT2D eigenvalue weighted by Gasteiger charge is -2.27. The van der Waals surface area contributed by atoms with E-state index in [2.05, 4.69) is 38.2 Å². The van der Waals surface area contributed by atoms with Crippen LogP contribution in [0, 0.1) is 6.92 Å². The van der Waals surface area contributed by atoms with Crippen LogP contribution in [0.15, 0.2) is 12.1 Å². The van der Waals surface area contributed by atoms with Gasteiger partial charge in [-0.2, -0.15) is 0 Å². The van der Waals surface area contributed by atoms with Gasteiger partial charge in [0.1, 0.15) is 0 Å². The predicted molar refractivity (Wildman–Crippen MR) is 73.9 cm³/mol. The molecular weight excluding hydrogens is 250 g/mol. The molecule has 0 saturated heterocycles. The summed E-state index contributed by atoms with van der Waals surface area (Å²) in [6.07, 6.45) is 0. The normalized spacial score (nSPS) is 14.0. The Morgan fingerprint density at radius 2 is 1.94 bits per heavy atom. The number of hydrogen-bond donors (Lipinski definition) is 1. The summed E-state index contributed by atoms with van der Waals surface area (Å²) in [5.41, 5.74) is 2.56. The van der Waals surface area contributed by atoms with Crippen LogP contribution in [0.4, 0.5) is 0 Å². The number of halogens is 1. The Morgan fingerprint density at radius 3 is 2.61 bits per heavy atom. The highest BCUT2D eigenvalue weighted by Crippen LogP contribution is 2.38. The fourth-order valence-corrected chi connectivity index (χ4v) is 2.47. The van der Waals surface area contributed by atoms with Crippen LogP contribution in [0.3, 0.4) is 0 Å². The molecule has 0 unspecified atom stereocenters.